The molecule has 3 N–H and O–H groups in total. The van der Waals surface area contributed by atoms with Crippen LogP contribution in [-0.4, -0.2) is 52.3 Å². The summed E-state index contributed by atoms with van der Waals surface area (Å²) in [6.45, 7) is 3.37. The maximum Gasteiger partial charge on any atom is 0.469 e. The van der Waals surface area contributed by atoms with Gasteiger partial charge in [-0.1, -0.05) is 114 Å². The fourth-order valence-electron chi connectivity index (χ4n) is 4.33. The molecule has 0 saturated carbocycles. The molecule has 45 heavy (non-hydrogen) atoms. The van der Waals surface area contributed by atoms with Gasteiger partial charge in [0.2, 0.25) is 0 Å². The number of aliphatic hydroxyl groups is 1. The van der Waals surface area contributed by atoms with Gasteiger partial charge in [0.1, 0.15) is 6.61 Å². The van der Waals surface area contributed by atoms with E-state index in [1.54, 1.807) is 6.08 Å². The highest BCUT2D eigenvalue weighted by molar-refractivity contribution is 7.46. The number of rotatable bonds is 30. The van der Waals surface area contributed by atoms with E-state index in [-0.39, 0.29) is 19.4 Å². The van der Waals surface area contributed by atoms with Gasteiger partial charge < -0.3 is 24.4 Å². The number of aliphatic hydroxyl groups excluding tert-OH is 1. The molecule has 0 aromatic carbocycles. The van der Waals surface area contributed by atoms with Crippen LogP contribution in [0, 0.1) is 0 Å². The van der Waals surface area contributed by atoms with E-state index in [4.69, 9.17) is 19.3 Å². The molecule has 1 unspecified atom stereocenters. The van der Waals surface area contributed by atoms with E-state index < -0.39 is 38.6 Å². The second-order valence-electron chi connectivity index (χ2n) is 11.3. The lowest BCUT2D eigenvalue weighted by molar-refractivity contribution is -0.161. The Morgan fingerprint density at radius 3 is 1.89 bits per heavy atom. The van der Waals surface area contributed by atoms with Crippen molar-refractivity contribution in [2.75, 3.05) is 13.2 Å². The first-order chi connectivity index (χ1) is 21.7. The van der Waals surface area contributed by atoms with E-state index in [1.807, 2.05) is 24.3 Å². The van der Waals surface area contributed by atoms with E-state index in [1.165, 1.54) is 12.8 Å². The Morgan fingerprint density at radius 2 is 1.27 bits per heavy atom. The molecule has 2 atom stereocenters. The van der Waals surface area contributed by atoms with Crippen molar-refractivity contribution in [1.82, 2.24) is 0 Å². The first-order valence-corrected chi connectivity index (χ1v) is 18.6. The van der Waals surface area contributed by atoms with Crippen LogP contribution < -0.4 is 0 Å². The van der Waals surface area contributed by atoms with Crippen LogP contribution in [0.4, 0.5) is 0 Å². The minimum absolute atomic E-state index is 0.184. The number of allylic oxidation sites excluding steroid dienone is 6. The van der Waals surface area contributed by atoms with Crippen molar-refractivity contribution in [3.63, 3.8) is 0 Å². The van der Waals surface area contributed by atoms with Crippen molar-refractivity contribution in [3.05, 3.63) is 48.6 Å². The van der Waals surface area contributed by atoms with E-state index in [2.05, 4.69) is 36.6 Å². The highest BCUT2D eigenvalue weighted by atomic mass is 31.2. The van der Waals surface area contributed by atoms with E-state index in [0.29, 0.717) is 19.3 Å². The van der Waals surface area contributed by atoms with Gasteiger partial charge in [-0.05, 0) is 57.8 Å². The molecule has 10 heteroatoms. The number of hydrogen-bond acceptors (Lipinski definition) is 7. The Kier molecular flexibility index (Phi) is 29.2. The summed E-state index contributed by atoms with van der Waals surface area (Å²) in [6, 6.07) is 0. The highest BCUT2D eigenvalue weighted by Crippen LogP contribution is 2.35. The SMILES string of the molecule is CC/C=C/CC(O)/C=C/C=C/CCCCCCCC(=O)OC[C@H](COP(=O)(O)O)OC(=O)CCCCCCC/C=C\CCCC. The summed E-state index contributed by atoms with van der Waals surface area (Å²) >= 11 is 0. The second-order valence-corrected chi connectivity index (χ2v) is 12.5. The predicted octanol–water partition coefficient (Wildman–Crippen LogP) is 8.59. The third-order valence-corrected chi connectivity index (χ3v) is 7.40. The van der Waals surface area contributed by atoms with Crippen molar-refractivity contribution in [2.45, 2.75) is 148 Å². The average Bonchev–Trinajstić information content (AvgIpc) is 2.99. The van der Waals surface area contributed by atoms with Crippen molar-refractivity contribution in [2.24, 2.45) is 0 Å². The summed E-state index contributed by atoms with van der Waals surface area (Å²) in [5.41, 5.74) is 0. The Bertz CT molecular complexity index is 892. The van der Waals surface area contributed by atoms with Crippen LogP contribution in [0.25, 0.3) is 0 Å². The number of carbonyl (C=O) groups excluding carboxylic acids is 2. The predicted molar refractivity (Wildman–Crippen MR) is 180 cm³/mol. The molecule has 0 bridgehead atoms. The number of unbranched alkanes of at least 4 members (excludes halogenated alkanes) is 12. The van der Waals surface area contributed by atoms with E-state index in [9.17, 15) is 19.3 Å². The van der Waals surface area contributed by atoms with Crippen LogP contribution in [-0.2, 0) is 28.2 Å². The molecule has 0 saturated heterocycles. The molecule has 0 amide bonds. The molecule has 0 aliphatic heterocycles. The molecular weight excluding hydrogens is 595 g/mol. The summed E-state index contributed by atoms with van der Waals surface area (Å²) in [6.07, 6.45) is 31.7. The van der Waals surface area contributed by atoms with Gasteiger partial charge in [-0.3, -0.25) is 14.1 Å². The molecule has 0 aliphatic carbocycles. The van der Waals surface area contributed by atoms with Crippen molar-refractivity contribution in [3.8, 4) is 0 Å². The maximum absolute atomic E-state index is 12.3. The van der Waals surface area contributed by atoms with E-state index in [0.717, 1.165) is 77.0 Å². The lowest BCUT2D eigenvalue weighted by Gasteiger charge is -2.18. The van der Waals surface area contributed by atoms with Crippen LogP contribution >= 0.6 is 7.82 Å². The van der Waals surface area contributed by atoms with Crippen LogP contribution in [0.1, 0.15) is 136 Å². The number of phosphoric acid groups is 1. The van der Waals surface area contributed by atoms with Gasteiger partial charge in [-0.2, -0.15) is 0 Å². The molecular formula is C35H61O9P. The number of phosphoric ester groups is 1. The van der Waals surface area contributed by atoms with Crippen molar-refractivity contribution >= 4 is 19.8 Å². The van der Waals surface area contributed by atoms with E-state index >= 15 is 0 Å². The van der Waals surface area contributed by atoms with Crippen LogP contribution in [0.2, 0.25) is 0 Å². The first kappa shape index (κ1) is 43.0. The molecule has 0 aromatic rings. The van der Waals surface area contributed by atoms with Crippen molar-refractivity contribution < 1.29 is 43.0 Å². The van der Waals surface area contributed by atoms with Gasteiger partial charge in [0.05, 0.1) is 12.7 Å². The van der Waals surface area contributed by atoms with Crippen LogP contribution in [0.5, 0.6) is 0 Å². The minimum atomic E-state index is -4.76. The van der Waals surface area contributed by atoms with Gasteiger partial charge >= 0.3 is 19.8 Å². The van der Waals surface area contributed by atoms with Gasteiger partial charge in [0.15, 0.2) is 6.10 Å². The number of carbonyl (C=O) groups is 2. The smallest absolute Gasteiger partial charge is 0.462 e. The molecule has 0 heterocycles. The normalized spacial score (nSPS) is 13.8. The standard InChI is InChI=1S/C35H61O9P/c1-3-5-7-8-9-10-11-14-18-21-25-29-35(38)44-33(31-43-45(39,40)41)30-42-34(37)28-24-20-17-15-12-13-16-19-23-27-32(36)26-22-6-4-2/h6,8-9,16,19,22-23,27,32-33,36H,3-5,7,10-15,17-18,20-21,24-26,28-31H2,1-2H3,(H2,39,40,41)/b9-8-,19-16+,22-6+,27-23+/t32?,33-/m1/s1. The Morgan fingerprint density at radius 1 is 0.689 bits per heavy atom. The van der Waals surface area contributed by atoms with Gasteiger partial charge in [0, 0.05) is 12.8 Å². The lowest BCUT2D eigenvalue weighted by Crippen LogP contribution is -2.29. The Balaban J connectivity index is 4.10. The third kappa shape index (κ3) is 33.2. The zero-order chi connectivity index (χ0) is 33.4. The molecule has 0 aromatic heterocycles. The summed E-state index contributed by atoms with van der Waals surface area (Å²) in [5.74, 6) is -0.956. The topological polar surface area (TPSA) is 140 Å². The molecule has 0 radical (unpaired) electrons. The Labute approximate surface area is 272 Å². The highest BCUT2D eigenvalue weighted by Gasteiger charge is 2.22. The molecule has 0 rings (SSSR count). The second kappa shape index (κ2) is 30.6. The lowest BCUT2D eigenvalue weighted by atomic mass is 10.1. The quantitative estimate of drug-likeness (QED) is 0.0228. The zero-order valence-corrected chi connectivity index (χ0v) is 28.8. The summed E-state index contributed by atoms with van der Waals surface area (Å²) in [4.78, 5) is 42.5. The number of esters is 2. The molecule has 0 fully saturated rings. The molecule has 260 valence electrons. The molecule has 9 nitrogen and oxygen atoms in total. The summed E-state index contributed by atoms with van der Waals surface area (Å²) < 4.78 is 26.2. The van der Waals surface area contributed by atoms with Crippen LogP contribution in [0.3, 0.4) is 0 Å². The number of ether oxygens (including phenoxy) is 2. The first-order valence-electron chi connectivity index (χ1n) is 17.0. The molecule has 0 spiro atoms. The molecule has 0 aliphatic rings. The fraction of sp³-hybridized carbons (Fsp3) is 0.714. The van der Waals surface area contributed by atoms with Gasteiger partial charge in [-0.15, -0.1) is 0 Å². The van der Waals surface area contributed by atoms with Crippen molar-refractivity contribution in [1.29, 1.82) is 0 Å². The summed E-state index contributed by atoms with van der Waals surface area (Å²) in [7, 11) is -4.76. The monoisotopic (exact) mass is 656 g/mol. The summed E-state index contributed by atoms with van der Waals surface area (Å²) in [5, 5.41) is 9.81. The number of hydrogen-bond donors (Lipinski definition) is 3. The minimum Gasteiger partial charge on any atom is -0.462 e. The maximum atomic E-state index is 12.3. The van der Waals surface area contributed by atoms with Crippen LogP contribution in [0.15, 0.2) is 48.6 Å². The van der Waals surface area contributed by atoms with Gasteiger partial charge in [0.25, 0.3) is 0 Å². The zero-order valence-electron chi connectivity index (χ0n) is 27.9. The Hall–Kier alpha value is -2.03. The fourth-order valence-corrected chi connectivity index (χ4v) is 4.69. The largest absolute Gasteiger partial charge is 0.469 e. The third-order valence-electron chi connectivity index (χ3n) is 6.91. The van der Waals surface area contributed by atoms with Gasteiger partial charge in [-0.25, -0.2) is 4.57 Å². The average molecular weight is 657 g/mol.